The summed E-state index contributed by atoms with van der Waals surface area (Å²) in [4.78, 5) is 10.2. The maximum atomic E-state index is 10.6. The molecule has 0 fully saturated rings. The second kappa shape index (κ2) is 5.79. The first-order chi connectivity index (χ1) is 7.15. The molecule has 0 radical (unpaired) electrons. The molecule has 3 N–H and O–H groups in total. The summed E-state index contributed by atoms with van der Waals surface area (Å²) < 4.78 is 0.495. The molecule has 1 aromatic carbocycles. The molecule has 0 heterocycles. The number of benzene rings is 1. The quantitative estimate of drug-likeness (QED) is 0.483. The third kappa shape index (κ3) is 3.58. The number of rotatable bonds is 5. The minimum absolute atomic E-state index is 0.0852. The van der Waals surface area contributed by atoms with Crippen LogP contribution in [0.15, 0.2) is 22.7 Å². The first-order valence-electron chi connectivity index (χ1n) is 4.48. The van der Waals surface area contributed by atoms with E-state index >= 15 is 0 Å². The normalized spacial score (nSPS) is 10.3. The largest absolute Gasteiger partial charge is 0.329 e. The van der Waals surface area contributed by atoms with E-state index in [1.807, 2.05) is 6.07 Å². The molecule has 0 saturated heterocycles. The Bertz CT molecular complexity index is 357. The van der Waals surface area contributed by atoms with Gasteiger partial charge < -0.3 is 11.1 Å². The average molecular weight is 274 g/mol. The van der Waals surface area contributed by atoms with Crippen molar-refractivity contribution >= 4 is 21.6 Å². The van der Waals surface area contributed by atoms with E-state index in [0.717, 1.165) is 5.56 Å². The average Bonchev–Trinajstić information content (AvgIpc) is 2.20. The highest BCUT2D eigenvalue weighted by Crippen LogP contribution is 2.25. The minimum atomic E-state index is -0.406. The molecule has 1 aromatic rings. The van der Waals surface area contributed by atoms with Gasteiger partial charge in [-0.25, -0.2) is 0 Å². The van der Waals surface area contributed by atoms with Crippen molar-refractivity contribution in [2.24, 2.45) is 5.73 Å². The zero-order chi connectivity index (χ0) is 11.3. The summed E-state index contributed by atoms with van der Waals surface area (Å²) in [6.07, 6.45) is 0. The van der Waals surface area contributed by atoms with Crippen molar-refractivity contribution in [3.8, 4) is 0 Å². The van der Waals surface area contributed by atoms with Crippen molar-refractivity contribution in [3.05, 3.63) is 38.3 Å². The van der Waals surface area contributed by atoms with E-state index in [-0.39, 0.29) is 5.69 Å². The van der Waals surface area contributed by atoms with Gasteiger partial charge in [0.15, 0.2) is 0 Å². The minimum Gasteiger partial charge on any atom is -0.329 e. The van der Waals surface area contributed by atoms with Crippen LogP contribution in [0.2, 0.25) is 0 Å². The molecule has 0 aliphatic carbocycles. The molecule has 0 bridgehead atoms. The highest BCUT2D eigenvalue weighted by atomic mass is 79.9. The fraction of sp³-hybridized carbons (Fsp3) is 0.333. The van der Waals surface area contributed by atoms with Gasteiger partial charge in [-0.3, -0.25) is 10.1 Å². The lowest BCUT2D eigenvalue weighted by Gasteiger charge is -2.03. The Kier molecular flexibility index (Phi) is 4.67. The van der Waals surface area contributed by atoms with Crippen molar-refractivity contribution in [3.63, 3.8) is 0 Å². The molecule has 0 amide bonds. The van der Waals surface area contributed by atoms with Gasteiger partial charge in [0.05, 0.1) is 9.40 Å². The molecule has 0 aromatic heterocycles. The van der Waals surface area contributed by atoms with Crippen LogP contribution in [-0.2, 0) is 6.54 Å². The van der Waals surface area contributed by atoms with E-state index in [0.29, 0.717) is 24.1 Å². The number of nitrogens with two attached hydrogens (primary N) is 1. The summed E-state index contributed by atoms with van der Waals surface area (Å²) in [6.45, 7) is 1.84. The van der Waals surface area contributed by atoms with Crippen LogP contribution in [0.25, 0.3) is 0 Å². The second-order valence-electron chi connectivity index (χ2n) is 3.01. The number of nitro groups is 1. The predicted molar refractivity (Wildman–Crippen MR) is 61.6 cm³/mol. The van der Waals surface area contributed by atoms with Gasteiger partial charge in [0.2, 0.25) is 0 Å². The lowest BCUT2D eigenvalue weighted by molar-refractivity contribution is -0.385. The Labute approximate surface area is 95.9 Å². The Hall–Kier alpha value is -0.980. The van der Waals surface area contributed by atoms with Gasteiger partial charge in [-0.05, 0) is 27.6 Å². The van der Waals surface area contributed by atoms with E-state index in [1.165, 1.54) is 0 Å². The van der Waals surface area contributed by atoms with Crippen molar-refractivity contribution in [2.45, 2.75) is 6.54 Å². The third-order valence-corrected chi connectivity index (χ3v) is 2.53. The van der Waals surface area contributed by atoms with Gasteiger partial charge in [-0.15, -0.1) is 0 Å². The van der Waals surface area contributed by atoms with Crippen LogP contribution in [0, 0.1) is 10.1 Å². The zero-order valence-corrected chi connectivity index (χ0v) is 9.66. The summed E-state index contributed by atoms with van der Waals surface area (Å²) >= 11 is 3.13. The molecule has 15 heavy (non-hydrogen) atoms. The molecule has 0 atom stereocenters. The number of nitrogens with one attached hydrogen (secondary N) is 1. The van der Waals surface area contributed by atoms with Crippen LogP contribution in [0.4, 0.5) is 5.69 Å². The van der Waals surface area contributed by atoms with Crippen LogP contribution in [0.1, 0.15) is 5.56 Å². The van der Waals surface area contributed by atoms with Gasteiger partial charge in [0, 0.05) is 25.7 Å². The van der Waals surface area contributed by atoms with E-state index in [4.69, 9.17) is 5.73 Å². The number of nitrogens with zero attached hydrogens (tertiary/aromatic N) is 1. The maximum absolute atomic E-state index is 10.6. The Morgan fingerprint density at radius 3 is 2.87 bits per heavy atom. The van der Waals surface area contributed by atoms with Gasteiger partial charge in [0.25, 0.3) is 5.69 Å². The molecule has 0 unspecified atom stereocenters. The lowest BCUT2D eigenvalue weighted by Crippen LogP contribution is -2.21. The molecule has 0 saturated carbocycles. The van der Waals surface area contributed by atoms with E-state index in [1.54, 1.807) is 12.1 Å². The number of hydrogen-bond acceptors (Lipinski definition) is 4. The monoisotopic (exact) mass is 273 g/mol. The van der Waals surface area contributed by atoms with E-state index in [2.05, 4.69) is 21.2 Å². The van der Waals surface area contributed by atoms with Crippen LogP contribution < -0.4 is 11.1 Å². The number of halogens is 1. The fourth-order valence-electron chi connectivity index (χ4n) is 1.14. The molecular formula is C9H12BrN3O2. The number of nitro benzene ring substituents is 1. The van der Waals surface area contributed by atoms with Crippen LogP contribution in [0.5, 0.6) is 0 Å². The maximum Gasteiger partial charge on any atom is 0.283 e. The summed E-state index contributed by atoms with van der Waals surface area (Å²) in [5, 5.41) is 13.7. The first kappa shape index (κ1) is 12.1. The molecule has 5 nitrogen and oxygen atoms in total. The molecule has 6 heteroatoms. The molecule has 0 aliphatic heterocycles. The van der Waals surface area contributed by atoms with E-state index in [9.17, 15) is 10.1 Å². The highest BCUT2D eigenvalue weighted by molar-refractivity contribution is 9.10. The van der Waals surface area contributed by atoms with Gasteiger partial charge in [-0.1, -0.05) is 6.07 Å². The predicted octanol–water partition coefficient (Wildman–Crippen LogP) is 1.41. The molecule has 0 aliphatic rings. The van der Waals surface area contributed by atoms with Crippen molar-refractivity contribution in [1.82, 2.24) is 5.32 Å². The first-order valence-corrected chi connectivity index (χ1v) is 5.28. The summed E-state index contributed by atoms with van der Waals surface area (Å²) in [5.74, 6) is 0. The topological polar surface area (TPSA) is 81.2 Å². The SMILES string of the molecule is NCCNCc1ccc(Br)c([N+](=O)[O-])c1. The standard InChI is InChI=1S/C9H12BrN3O2/c10-8-2-1-7(6-12-4-3-11)5-9(8)13(14)15/h1-2,5,12H,3-4,6,11H2. The summed E-state index contributed by atoms with van der Waals surface area (Å²) in [5.41, 5.74) is 6.28. The van der Waals surface area contributed by atoms with Gasteiger partial charge >= 0.3 is 0 Å². The second-order valence-corrected chi connectivity index (χ2v) is 3.86. The van der Waals surface area contributed by atoms with Crippen LogP contribution in [-0.4, -0.2) is 18.0 Å². The molecular weight excluding hydrogens is 262 g/mol. The van der Waals surface area contributed by atoms with Crippen LogP contribution >= 0.6 is 15.9 Å². The Morgan fingerprint density at radius 2 is 2.27 bits per heavy atom. The molecule has 0 spiro atoms. The van der Waals surface area contributed by atoms with Crippen molar-refractivity contribution in [1.29, 1.82) is 0 Å². The Morgan fingerprint density at radius 1 is 1.53 bits per heavy atom. The highest BCUT2D eigenvalue weighted by Gasteiger charge is 2.11. The summed E-state index contributed by atoms with van der Waals surface area (Å²) in [7, 11) is 0. The third-order valence-electron chi connectivity index (χ3n) is 1.86. The lowest BCUT2D eigenvalue weighted by atomic mass is 10.2. The Balaban J connectivity index is 2.74. The van der Waals surface area contributed by atoms with Gasteiger partial charge in [-0.2, -0.15) is 0 Å². The van der Waals surface area contributed by atoms with Crippen molar-refractivity contribution in [2.75, 3.05) is 13.1 Å². The van der Waals surface area contributed by atoms with Crippen molar-refractivity contribution < 1.29 is 4.92 Å². The molecule has 82 valence electrons. The smallest absolute Gasteiger partial charge is 0.283 e. The number of hydrogen-bond donors (Lipinski definition) is 2. The van der Waals surface area contributed by atoms with E-state index < -0.39 is 4.92 Å². The van der Waals surface area contributed by atoms with Crippen LogP contribution in [0.3, 0.4) is 0 Å². The summed E-state index contributed by atoms with van der Waals surface area (Å²) in [6, 6.07) is 5.06. The fourth-order valence-corrected chi connectivity index (χ4v) is 1.53. The zero-order valence-electron chi connectivity index (χ0n) is 8.07. The molecule has 1 rings (SSSR count). The van der Waals surface area contributed by atoms with Gasteiger partial charge in [0.1, 0.15) is 0 Å².